The molecule has 0 aliphatic heterocycles. The first-order valence-corrected chi connectivity index (χ1v) is 9.92. The zero-order valence-electron chi connectivity index (χ0n) is 13.9. The summed E-state index contributed by atoms with van der Waals surface area (Å²) in [6, 6.07) is 6.82. The Kier molecular flexibility index (Phi) is 5.42. The summed E-state index contributed by atoms with van der Waals surface area (Å²) in [6.07, 6.45) is 0. The van der Waals surface area contributed by atoms with Crippen molar-refractivity contribution in [1.82, 2.24) is 4.98 Å². The highest BCUT2D eigenvalue weighted by Gasteiger charge is 2.29. The zero-order chi connectivity index (χ0) is 18.0. The number of hydrogen-bond acceptors (Lipinski definition) is 6. The number of thiazole rings is 1. The standard InChI is InChI=1S/C16H21N3O3S2/c1-16(2,3)24(21,22)10-11-5-4-6-12(7-11)18-15(20)13-9-23-14(8-17)19-13/h4-7,9H,8,10,17H2,1-3H3,(H,18,20). The fourth-order valence-corrected chi connectivity index (χ4v) is 3.58. The van der Waals surface area contributed by atoms with E-state index >= 15 is 0 Å². The fourth-order valence-electron chi connectivity index (χ4n) is 1.88. The second-order valence-electron chi connectivity index (χ2n) is 6.36. The molecule has 2 aromatic rings. The molecule has 0 saturated heterocycles. The lowest BCUT2D eigenvalue weighted by atomic mass is 10.2. The molecule has 0 atom stereocenters. The Labute approximate surface area is 146 Å². The van der Waals surface area contributed by atoms with Crippen molar-refractivity contribution in [2.75, 3.05) is 5.32 Å². The van der Waals surface area contributed by atoms with Crippen LogP contribution in [0.1, 0.15) is 41.8 Å². The maximum atomic E-state index is 12.3. The molecule has 1 heterocycles. The van der Waals surface area contributed by atoms with E-state index in [2.05, 4.69) is 10.3 Å². The second kappa shape index (κ2) is 7.00. The van der Waals surface area contributed by atoms with E-state index in [1.807, 2.05) is 0 Å². The summed E-state index contributed by atoms with van der Waals surface area (Å²) >= 11 is 1.33. The first-order chi connectivity index (χ1) is 11.1. The van der Waals surface area contributed by atoms with Crippen LogP contribution in [0.2, 0.25) is 0 Å². The van der Waals surface area contributed by atoms with Crippen LogP contribution < -0.4 is 11.1 Å². The van der Waals surface area contributed by atoms with Crippen LogP contribution in [0.5, 0.6) is 0 Å². The van der Waals surface area contributed by atoms with Crippen molar-refractivity contribution in [3.05, 3.63) is 45.9 Å². The number of carbonyl (C=O) groups excluding carboxylic acids is 1. The number of hydrogen-bond donors (Lipinski definition) is 2. The molecule has 0 unspecified atom stereocenters. The van der Waals surface area contributed by atoms with Gasteiger partial charge in [0.15, 0.2) is 9.84 Å². The van der Waals surface area contributed by atoms with Crippen molar-refractivity contribution >= 4 is 32.8 Å². The Hall–Kier alpha value is -1.77. The summed E-state index contributed by atoms with van der Waals surface area (Å²) in [5.74, 6) is -0.421. The molecule has 24 heavy (non-hydrogen) atoms. The predicted octanol–water partition coefficient (Wildman–Crippen LogP) is 2.57. The monoisotopic (exact) mass is 367 g/mol. The average Bonchev–Trinajstić information content (AvgIpc) is 2.95. The van der Waals surface area contributed by atoms with Crippen LogP contribution in [0.15, 0.2) is 29.6 Å². The molecule has 130 valence electrons. The third-order valence-electron chi connectivity index (χ3n) is 3.43. The van der Waals surface area contributed by atoms with Gasteiger partial charge in [-0.3, -0.25) is 4.79 Å². The molecule has 0 aliphatic rings. The maximum Gasteiger partial charge on any atom is 0.275 e. The summed E-state index contributed by atoms with van der Waals surface area (Å²) < 4.78 is 23.8. The second-order valence-corrected chi connectivity index (χ2v) is 10.0. The molecular formula is C16H21N3O3S2. The van der Waals surface area contributed by atoms with Crippen LogP contribution >= 0.6 is 11.3 Å². The number of carbonyl (C=O) groups is 1. The highest BCUT2D eigenvalue weighted by Crippen LogP contribution is 2.22. The number of anilines is 1. The van der Waals surface area contributed by atoms with Crippen molar-refractivity contribution in [3.8, 4) is 0 Å². The third kappa shape index (κ3) is 4.40. The van der Waals surface area contributed by atoms with Crippen LogP contribution in [-0.4, -0.2) is 24.1 Å². The van der Waals surface area contributed by atoms with E-state index in [4.69, 9.17) is 5.73 Å². The SMILES string of the molecule is CC(C)(C)S(=O)(=O)Cc1cccc(NC(=O)c2csc(CN)n2)c1. The lowest BCUT2D eigenvalue weighted by Crippen LogP contribution is -2.29. The first-order valence-electron chi connectivity index (χ1n) is 7.39. The van der Waals surface area contributed by atoms with E-state index in [-0.39, 0.29) is 18.2 Å². The van der Waals surface area contributed by atoms with Gasteiger partial charge >= 0.3 is 0 Å². The minimum atomic E-state index is -3.29. The van der Waals surface area contributed by atoms with E-state index in [0.29, 0.717) is 22.0 Å². The van der Waals surface area contributed by atoms with E-state index in [9.17, 15) is 13.2 Å². The van der Waals surface area contributed by atoms with Gasteiger partial charge in [0.05, 0.1) is 10.5 Å². The minimum Gasteiger partial charge on any atom is -0.325 e. The van der Waals surface area contributed by atoms with Crippen molar-refractivity contribution < 1.29 is 13.2 Å². The number of aromatic nitrogens is 1. The zero-order valence-corrected chi connectivity index (χ0v) is 15.5. The number of nitrogens with two attached hydrogens (primary N) is 1. The highest BCUT2D eigenvalue weighted by molar-refractivity contribution is 7.91. The van der Waals surface area contributed by atoms with Crippen molar-refractivity contribution in [1.29, 1.82) is 0 Å². The van der Waals surface area contributed by atoms with Crippen LogP contribution in [-0.2, 0) is 22.1 Å². The van der Waals surface area contributed by atoms with Gasteiger partial charge < -0.3 is 11.1 Å². The Morgan fingerprint density at radius 3 is 2.62 bits per heavy atom. The summed E-state index contributed by atoms with van der Waals surface area (Å²) in [6.45, 7) is 5.31. The van der Waals surface area contributed by atoms with Gasteiger partial charge in [-0.15, -0.1) is 11.3 Å². The van der Waals surface area contributed by atoms with E-state index in [1.54, 1.807) is 50.4 Å². The maximum absolute atomic E-state index is 12.3. The largest absolute Gasteiger partial charge is 0.325 e. The van der Waals surface area contributed by atoms with Gasteiger partial charge in [0.25, 0.3) is 5.91 Å². The van der Waals surface area contributed by atoms with Gasteiger partial charge in [0.1, 0.15) is 10.7 Å². The molecule has 0 spiro atoms. The van der Waals surface area contributed by atoms with Gasteiger partial charge in [0, 0.05) is 17.6 Å². The lowest BCUT2D eigenvalue weighted by molar-refractivity contribution is 0.102. The fraction of sp³-hybridized carbons (Fsp3) is 0.375. The average molecular weight is 367 g/mol. The Balaban J connectivity index is 2.14. The highest BCUT2D eigenvalue weighted by atomic mass is 32.2. The molecule has 3 N–H and O–H groups in total. The molecule has 0 saturated carbocycles. The van der Waals surface area contributed by atoms with Gasteiger partial charge in [-0.1, -0.05) is 12.1 Å². The number of nitrogens with one attached hydrogen (secondary N) is 1. The van der Waals surface area contributed by atoms with Crippen LogP contribution in [0.25, 0.3) is 0 Å². The van der Waals surface area contributed by atoms with Crippen molar-refractivity contribution in [2.45, 2.75) is 37.8 Å². The van der Waals surface area contributed by atoms with Gasteiger partial charge in [0.2, 0.25) is 0 Å². The molecule has 1 aromatic carbocycles. The molecule has 0 radical (unpaired) electrons. The summed E-state index contributed by atoms with van der Waals surface area (Å²) in [4.78, 5) is 16.3. The summed E-state index contributed by atoms with van der Waals surface area (Å²) in [7, 11) is -3.29. The van der Waals surface area contributed by atoms with Gasteiger partial charge in [-0.05, 0) is 38.5 Å². The van der Waals surface area contributed by atoms with Crippen LogP contribution in [0, 0.1) is 0 Å². The van der Waals surface area contributed by atoms with E-state index in [1.165, 1.54) is 11.3 Å². The van der Waals surface area contributed by atoms with Crippen LogP contribution in [0.3, 0.4) is 0 Å². The number of rotatable bonds is 5. The van der Waals surface area contributed by atoms with Crippen LogP contribution in [0.4, 0.5) is 5.69 Å². The molecular weight excluding hydrogens is 346 g/mol. The summed E-state index contributed by atoms with van der Waals surface area (Å²) in [5.41, 5.74) is 6.95. The molecule has 1 aromatic heterocycles. The molecule has 0 fully saturated rings. The molecule has 0 bridgehead atoms. The molecule has 2 rings (SSSR count). The Morgan fingerprint density at radius 1 is 1.33 bits per heavy atom. The Bertz CT molecular complexity index is 836. The van der Waals surface area contributed by atoms with E-state index in [0.717, 1.165) is 0 Å². The number of sulfone groups is 1. The number of nitrogens with zero attached hydrogens (tertiary/aromatic N) is 1. The molecule has 8 heteroatoms. The molecule has 0 aliphatic carbocycles. The predicted molar refractivity (Wildman–Crippen MR) is 96.8 cm³/mol. The lowest BCUT2D eigenvalue weighted by Gasteiger charge is -2.19. The van der Waals surface area contributed by atoms with Gasteiger partial charge in [-0.2, -0.15) is 0 Å². The number of amides is 1. The summed E-state index contributed by atoms with van der Waals surface area (Å²) in [5, 5.41) is 5.06. The van der Waals surface area contributed by atoms with Gasteiger partial charge in [-0.25, -0.2) is 13.4 Å². The first kappa shape index (κ1) is 18.6. The smallest absolute Gasteiger partial charge is 0.275 e. The minimum absolute atomic E-state index is 0.0752. The number of benzene rings is 1. The van der Waals surface area contributed by atoms with Crippen molar-refractivity contribution in [3.63, 3.8) is 0 Å². The topological polar surface area (TPSA) is 102 Å². The van der Waals surface area contributed by atoms with E-state index < -0.39 is 14.6 Å². The molecule has 1 amide bonds. The Morgan fingerprint density at radius 2 is 2.04 bits per heavy atom. The third-order valence-corrected chi connectivity index (χ3v) is 6.88. The molecule has 6 nitrogen and oxygen atoms in total. The normalized spacial score (nSPS) is 12.2. The van der Waals surface area contributed by atoms with Crippen molar-refractivity contribution in [2.24, 2.45) is 5.73 Å². The quantitative estimate of drug-likeness (QED) is 0.845.